The van der Waals surface area contributed by atoms with Crippen LogP contribution >= 0.6 is 0 Å². The molecule has 0 heterocycles. The molecule has 0 bridgehead atoms. The molecular formula is C12H17N. The van der Waals surface area contributed by atoms with Crippen LogP contribution in [0.3, 0.4) is 0 Å². The van der Waals surface area contributed by atoms with Crippen LogP contribution in [0.5, 0.6) is 0 Å². The van der Waals surface area contributed by atoms with Gasteiger partial charge in [0.2, 0.25) is 0 Å². The van der Waals surface area contributed by atoms with Gasteiger partial charge in [-0.3, -0.25) is 0 Å². The van der Waals surface area contributed by atoms with Crippen LogP contribution in [0.2, 0.25) is 0 Å². The van der Waals surface area contributed by atoms with Crippen LogP contribution in [0.25, 0.3) is 0 Å². The summed E-state index contributed by atoms with van der Waals surface area (Å²) in [7, 11) is 1.95. The molecule has 0 aliphatic heterocycles. The molecule has 0 radical (unpaired) electrons. The third kappa shape index (κ3) is 2.62. The molecule has 0 atom stereocenters. The van der Waals surface area contributed by atoms with Gasteiger partial charge in [0.25, 0.3) is 0 Å². The van der Waals surface area contributed by atoms with Crippen LogP contribution in [-0.4, -0.2) is 7.05 Å². The van der Waals surface area contributed by atoms with E-state index in [4.69, 9.17) is 0 Å². The molecule has 0 aromatic rings. The maximum Gasteiger partial charge on any atom is 0.0367 e. The van der Waals surface area contributed by atoms with Gasteiger partial charge in [0, 0.05) is 12.7 Å². The van der Waals surface area contributed by atoms with E-state index in [2.05, 4.69) is 49.5 Å². The van der Waals surface area contributed by atoms with Crippen molar-refractivity contribution in [3.63, 3.8) is 0 Å². The molecule has 13 heavy (non-hydrogen) atoms. The zero-order valence-electron chi connectivity index (χ0n) is 8.59. The predicted molar refractivity (Wildman–Crippen MR) is 58.4 cm³/mol. The molecule has 0 spiro atoms. The molecule has 0 saturated heterocycles. The number of rotatable bonds is 2. The first-order valence-electron chi connectivity index (χ1n) is 4.72. The zero-order chi connectivity index (χ0) is 9.68. The third-order valence-electron chi connectivity index (χ3n) is 2.22. The second kappa shape index (κ2) is 4.70. The Balaban J connectivity index is 2.95. The van der Waals surface area contributed by atoms with Gasteiger partial charge in [-0.15, -0.1) is 0 Å². The van der Waals surface area contributed by atoms with E-state index in [9.17, 15) is 0 Å². The topological polar surface area (TPSA) is 12.0 Å². The monoisotopic (exact) mass is 175 g/mol. The molecule has 0 fully saturated rings. The normalized spacial score (nSPS) is 24.7. The van der Waals surface area contributed by atoms with E-state index in [1.54, 1.807) is 0 Å². The smallest absolute Gasteiger partial charge is 0.0367 e. The lowest BCUT2D eigenvalue weighted by atomic mass is 10.1. The quantitative estimate of drug-likeness (QED) is 0.680. The highest BCUT2D eigenvalue weighted by Gasteiger charge is 1.96. The van der Waals surface area contributed by atoms with Crippen molar-refractivity contribution in [2.75, 3.05) is 7.05 Å². The Bertz CT molecular complexity index is 290. The van der Waals surface area contributed by atoms with E-state index in [-0.39, 0.29) is 0 Å². The van der Waals surface area contributed by atoms with E-state index in [0.29, 0.717) is 0 Å². The average molecular weight is 175 g/mol. The van der Waals surface area contributed by atoms with Crippen LogP contribution in [0.1, 0.15) is 20.3 Å². The zero-order valence-corrected chi connectivity index (χ0v) is 8.59. The fourth-order valence-electron chi connectivity index (χ4n) is 1.30. The molecule has 1 N–H and O–H groups in total. The number of hydrogen-bond acceptors (Lipinski definition) is 1. The summed E-state index contributed by atoms with van der Waals surface area (Å²) >= 11 is 0. The molecule has 0 amide bonds. The summed E-state index contributed by atoms with van der Waals surface area (Å²) in [5.41, 5.74) is 3.82. The van der Waals surface area contributed by atoms with Crippen LogP contribution in [0.15, 0.2) is 47.2 Å². The van der Waals surface area contributed by atoms with Crippen LogP contribution in [0, 0.1) is 0 Å². The second-order valence-corrected chi connectivity index (χ2v) is 3.13. The molecule has 1 heteroatoms. The van der Waals surface area contributed by atoms with Crippen LogP contribution in [0.4, 0.5) is 0 Å². The lowest BCUT2D eigenvalue weighted by Gasteiger charge is -2.07. The maximum absolute atomic E-state index is 3.18. The van der Waals surface area contributed by atoms with Gasteiger partial charge in [0.05, 0.1) is 0 Å². The molecule has 1 nitrogen and oxygen atoms in total. The largest absolute Gasteiger partial charge is 0.388 e. The lowest BCUT2D eigenvalue weighted by Crippen LogP contribution is -2.06. The maximum atomic E-state index is 3.18. The average Bonchev–Trinajstić information content (AvgIpc) is 2.12. The first-order valence-corrected chi connectivity index (χ1v) is 4.72. The molecule has 70 valence electrons. The van der Waals surface area contributed by atoms with E-state index < -0.39 is 0 Å². The summed E-state index contributed by atoms with van der Waals surface area (Å²) in [6, 6.07) is 0. The van der Waals surface area contributed by atoms with Crippen molar-refractivity contribution in [2.24, 2.45) is 0 Å². The molecule has 0 aromatic heterocycles. The summed E-state index contributed by atoms with van der Waals surface area (Å²) in [4.78, 5) is 0. The second-order valence-electron chi connectivity index (χ2n) is 3.13. The molecule has 1 aliphatic rings. The minimum Gasteiger partial charge on any atom is -0.388 e. The highest BCUT2D eigenvalue weighted by Crippen LogP contribution is 2.12. The van der Waals surface area contributed by atoms with E-state index in [0.717, 1.165) is 6.42 Å². The SMILES string of the molecule is CCC1=C/C=C(NC)\C(C)=C\C=C1. The van der Waals surface area contributed by atoms with Crippen molar-refractivity contribution >= 4 is 0 Å². The summed E-state index contributed by atoms with van der Waals surface area (Å²) in [5, 5.41) is 3.18. The van der Waals surface area contributed by atoms with Crippen molar-refractivity contribution in [1.29, 1.82) is 0 Å². The Morgan fingerprint density at radius 1 is 1.23 bits per heavy atom. The van der Waals surface area contributed by atoms with E-state index >= 15 is 0 Å². The number of hydrogen-bond donors (Lipinski definition) is 1. The van der Waals surface area contributed by atoms with Gasteiger partial charge < -0.3 is 5.32 Å². The Morgan fingerprint density at radius 3 is 2.62 bits per heavy atom. The van der Waals surface area contributed by atoms with Crippen molar-refractivity contribution in [3.05, 3.63) is 47.2 Å². The Morgan fingerprint density at radius 2 is 2.00 bits per heavy atom. The molecule has 0 aromatic carbocycles. The standard InChI is InChI=1S/C12H17N/c1-4-11-7-5-6-10(2)12(13-3)9-8-11/h5-9,13H,4H2,1-3H3/b6-5?,7-5?,9-8?,10-6+,11-7?,11-8?,12-9+,12-10?. The van der Waals surface area contributed by atoms with E-state index in [1.165, 1.54) is 16.8 Å². The van der Waals surface area contributed by atoms with Crippen LogP contribution in [-0.2, 0) is 0 Å². The van der Waals surface area contributed by atoms with Crippen LogP contribution < -0.4 is 5.32 Å². The first kappa shape index (κ1) is 9.85. The van der Waals surface area contributed by atoms with Crippen molar-refractivity contribution in [2.45, 2.75) is 20.3 Å². The van der Waals surface area contributed by atoms with Gasteiger partial charge in [-0.05, 0) is 30.6 Å². The predicted octanol–water partition coefficient (Wildman–Crippen LogP) is 2.94. The number of likely N-dealkylation sites (N-methyl/N-ethyl adjacent to an activating group) is 1. The van der Waals surface area contributed by atoms with Crippen molar-refractivity contribution < 1.29 is 0 Å². The van der Waals surface area contributed by atoms with Crippen molar-refractivity contribution in [3.8, 4) is 0 Å². The van der Waals surface area contributed by atoms with Gasteiger partial charge in [0.15, 0.2) is 0 Å². The van der Waals surface area contributed by atoms with Gasteiger partial charge in [-0.1, -0.05) is 31.2 Å². The Labute approximate surface area is 80.5 Å². The minimum atomic E-state index is 1.08. The molecule has 1 aliphatic carbocycles. The third-order valence-corrected chi connectivity index (χ3v) is 2.22. The van der Waals surface area contributed by atoms with E-state index in [1.807, 2.05) is 7.05 Å². The summed E-state index contributed by atoms with van der Waals surface area (Å²) in [6.07, 6.45) is 11.8. The van der Waals surface area contributed by atoms with Gasteiger partial charge >= 0.3 is 0 Å². The molecule has 0 unspecified atom stereocenters. The fraction of sp³-hybridized carbons (Fsp3) is 0.333. The van der Waals surface area contributed by atoms with Gasteiger partial charge in [-0.2, -0.15) is 0 Å². The highest BCUT2D eigenvalue weighted by atomic mass is 14.8. The molecule has 1 rings (SSSR count). The summed E-state index contributed by atoms with van der Waals surface area (Å²) < 4.78 is 0. The molecular weight excluding hydrogens is 158 g/mol. The number of nitrogens with one attached hydrogen (secondary N) is 1. The lowest BCUT2D eigenvalue weighted by molar-refractivity contribution is 0.996. The fourth-order valence-corrected chi connectivity index (χ4v) is 1.30. The summed E-state index contributed by atoms with van der Waals surface area (Å²) in [6.45, 7) is 4.28. The Hall–Kier alpha value is -1.24. The number of allylic oxidation sites excluding steroid dienone is 7. The van der Waals surface area contributed by atoms with Crippen molar-refractivity contribution in [1.82, 2.24) is 5.32 Å². The highest BCUT2D eigenvalue weighted by molar-refractivity contribution is 5.39. The van der Waals surface area contributed by atoms with Gasteiger partial charge in [0.1, 0.15) is 0 Å². The first-order chi connectivity index (χ1) is 6.27. The van der Waals surface area contributed by atoms with Gasteiger partial charge in [-0.25, -0.2) is 0 Å². The summed E-state index contributed by atoms with van der Waals surface area (Å²) in [5.74, 6) is 0. The molecule has 0 saturated carbocycles. The Kier molecular flexibility index (Phi) is 3.56. The minimum absolute atomic E-state index is 1.08.